The first-order chi connectivity index (χ1) is 4.99. The first kappa shape index (κ1) is 14.8. The van der Waals surface area contributed by atoms with Crippen molar-refractivity contribution in [3.63, 3.8) is 0 Å². The van der Waals surface area contributed by atoms with E-state index < -0.39 is 17.7 Å². The third-order valence-electron chi connectivity index (χ3n) is 0.347. The molecule has 0 bridgehead atoms. The van der Waals surface area contributed by atoms with Gasteiger partial charge in [0.05, 0.1) is 0 Å². The van der Waals surface area contributed by atoms with E-state index in [4.69, 9.17) is 0 Å². The Balaban J connectivity index is 0. The summed E-state index contributed by atoms with van der Waals surface area (Å²) in [6.07, 6.45) is 0. The zero-order chi connectivity index (χ0) is 8.91. The first-order valence-corrected chi connectivity index (χ1v) is 3.18. The van der Waals surface area contributed by atoms with Crippen molar-refractivity contribution >= 4 is 17.7 Å². The molecule has 0 unspecified atom stereocenters. The second-order valence-corrected chi connectivity index (χ2v) is 1.99. The van der Waals surface area contributed by atoms with Crippen LogP contribution in [-0.2, 0) is 29.3 Å². The Labute approximate surface area is 78.0 Å². The van der Waals surface area contributed by atoms with Crippen molar-refractivity contribution in [2.45, 2.75) is 0 Å². The van der Waals surface area contributed by atoms with Gasteiger partial charge in [0.1, 0.15) is 0 Å². The second kappa shape index (κ2) is 6.75. The number of rotatable bonds is 5. The fourth-order valence-corrected chi connectivity index (χ4v) is 0.284. The second-order valence-electron chi connectivity index (χ2n) is 1.04. The summed E-state index contributed by atoms with van der Waals surface area (Å²) in [7, 11) is -7.87. The van der Waals surface area contributed by atoms with Gasteiger partial charge in [0.15, 0.2) is 0 Å². The maximum atomic E-state index is 10.9. The molecule has 0 aromatic rings. The summed E-state index contributed by atoms with van der Waals surface area (Å²) < 4.78 is 53.1. The van der Waals surface area contributed by atoms with Crippen molar-refractivity contribution in [2.24, 2.45) is 0 Å². The molecule has 0 N–H and O–H groups in total. The van der Waals surface area contributed by atoms with Crippen LogP contribution in [0, 0.1) is 0 Å². The predicted molar refractivity (Wildman–Crippen MR) is 22.0 cm³/mol. The van der Waals surface area contributed by atoms with Gasteiger partial charge in [0.25, 0.3) is 0 Å². The van der Waals surface area contributed by atoms with Crippen LogP contribution in [0.15, 0.2) is 0 Å². The number of hydrogen-bond donors (Lipinski definition) is 0. The van der Waals surface area contributed by atoms with E-state index in [0.29, 0.717) is 0 Å². The molecule has 0 atom stereocenters. The Morgan fingerprint density at radius 1 is 1.25 bits per heavy atom. The molecular weight excluding hydrogens is 200 g/mol. The molecule has 0 radical (unpaired) electrons. The van der Waals surface area contributed by atoms with E-state index in [-0.39, 0.29) is 18.9 Å². The Bertz CT molecular complexity index is 188. The molecule has 0 amide bonds. The summed E-state index contributed by atoms with van der Waals surface area (Å²) in [5, 5.41) is 0. The maximum Gasteiger partial charge on any atom is 1.00 e. The molecule has 0 heterocycles. The summed E-state index contributed by atoms with van der Waals surface area (Å²) in [4.78, 5) is 8.00. The zero-order valence-corrected chi connectivity index (χ0v) is 6.42. The molecule has 7 nitrogen and oxygen atoms in total. The molecule has 0 spiro atoms. The monoisotopic (exact) mass is 200 g/mol. The van der Waals surface area contributed by atoms with Crippen LogP contribution in [0.25, 0.3) is 0 Å². The van der Waals surface area contributed by atoms with Gasteiger partial charge in [-0.05, 0) is 0 Å². The molecule has 0 aliphatic rings. The largest absolute Gasteiger partial charge is 1.00 e. The van der Waals surface area contributed by atoms with E-state index in [9.17, 15) is 22.0 Å². The molecule has 12 heteroatoms. The fourth-order valence-electron chi connectivity index (χ4n) is 0.124. The van der Waals surface area contributed by atoms with Gasteiger partial charge >= 0.3 is 26.2 Å². The van der Waals surface area contributed by atoms with Gasteiger partial charge in [-0.15, -0.1) is 4.33 Å². The minimum atomic E-state index is -5.20. The molecule has 0 aromatic carbocycles. The normalized spacial score (nSPS) is 10.6. The van der Waals surface area contributed by atoms with Crippen molar-refractivity contribution in [1.82, 2.24) is 0 Å². The Morgan fingerprint density at radius 3 is 1.92 bits per heavy atom. The van der Waals surface area contributed by atoms with Crippen molar-refractivity contribution in [1.29, 1.82) is 0 Å². The van der Waals surface area contributed by atoms with Crippen LogP contribution in [0.5, 0.6) is 0 Å². The van der Waals surface area contributed by atoms with Gasteiger partial charge in [-0.25, -0.2) is 13.2 Å². The average Bonchev–Trinajstić information content (AvgIpc) is 1.88. The van der Waals surface area contributed by atoms with E-state index in [1.165, 1.54) is 0 Å². The van der Waals surface area contributed by atoms with Crippen molar-refractivity contribution < 1.29 is 59.7 Å². The molecule has 0 aliphatic heterocycles. The minimum absolute atomic E-state index is 0. The Kier molecular flexibility index (Phi) is 8.32. The van der Waals surface area contributed by atoms with E-state index in [1.807, 2.05) is 0 Å². The Hall–Kier alpha value is 0.272. The fraction of sp³-hybridized carbons (Fsp3) is 0. The van der Waals surface area contributed by atoms with Gasteiger partial charge in [0, 0.05) is 0 Å². The van der Waals surface area contributed by atoms with Gasteiger partial charge in [-0.1, -0.05) is 9.05 Å². The third kappa shape index (κ3) is 8.37. The summed E-state index contributed by atoms with van der Waals surface area (Å²) in [6, 6.07) is 0. The molecule has 0 aliphatic carbocycles. The van der Waals surface area contributed by atoms with Gasteiger partial charge in [-0.2, -0.15) is 9.72 Å². The van der Waals surface area contributed by atoms with Crippen LogP contribution in [0.4, 0.5) is 9.05 Å². The van der Waals surface area contributed by atoms with Crippen LogP contribution in [0.3, 0.4) is 0 Å². The van der Waals surface area contributed by atoms with Crippen LogP contribution in [0.2, 0.25) is 0 Å². The van der Waals surface area contributed by atoms with Crippen LogP contribution in [0.1, 0.15) is 0 Å². The summed E-state index contributed by atoms with van der Waals surface area (Å²) >= 11 is 0. The summed E-state index contributed by atoms with van der Waals surface area (Å²) in [5.74, 6) is 0. The quantitative estimate of drug-likeness (QED) is 0.147. The molecule has 0 aromatic heterocycles. The van der Waals surface area contributed by atoms with Crippen LogP contribution >= 0.6 is 0 Å². The number of hydrogen-bond acceptors (Lipinski definition) is 7. The van der Waals surface area contributed by atoms with Crippen LogP contribution in [-0.4, -0.2) is 20.3 Å². The summed E-state index contributed by atoms with van der Waals surface area (Å²) in [6.45, 7) is 0. The molecular formula is BF2LiO7S. The smallest absolute Gasteiger partial charge is 0.724 e. The van der Waals surface area contributed by atoms with E-state index in [1.54, 1.807) is 0 Å². The third-order valence-corrected chi connectivity index (χ3v) is 0.592. The van der Waals surface area contributed by atoms with E-state index in [0.717, 1.165) is 0 Å². The first-order valence-electron chi connectivity index (χ1n) is 1.85. The molecule has 0 saturated carbocycles. The van der Waals surface area contributed by atoms with Gasteiger partial charge in [-0.3, -0.25) is 0 Å². The van der Waals surface area contributed by atoms with Gasteiger partial charge < -0.3 is 4.55 Å². The van der Waals surface area contributed by atoms with E-state index in [2.05, 4.69) is 18.9 Å². The zero-order valence-electron chi connectivity index (χ0n) is 5.60. The van der Waals surface area contributed by atoms with Crippen molar-refractivity contribution in [2.75, 3.05) is 0 Å². The molecule has 0 fully saturated rings. The maximum absolute atomic E-state index is 10.9. The van der Waals surface area contributed by atoms with Crippen molar-refractivity contribution in [3.05, 3.63) is 0 Å². The Morgan fingerprint density at radius 2 is 1.67 bits per heavy atom. The number of halogens is 2. The summed E-state index contributed by atoms with van der Waals surface area (Å²) in [5.41, 5.74) is 0. The average molecular weight is 200 g/mol. The topological polar surface area (TPSA) is 94.1 Å². The SMILES string of the molecule is O=S(=O)([O-])OOB(OF)OF.[Li+]. The molecule has 66 valence electrons. The predicted octanol–water partition coefficient (Wildman–Crippen LogP) is -3.81. The van der Waals surface area contributed by atoms with Crippen molar-refractivity contribution in [3.8, 4) is 0 Å². The van der Waals surface area contributed by atoms with Crippen LogP contribution < -0.4 is 18.9 Å². The standard InChI is InChI=1S/BF2HO7S.Li/c2-7-1(8-3)9-10-11(4,5)6;/h(H,4,5,6);/q;+1/p-1. The molecule has 12 heavy (non-hydrogen) atoms. The minimum Gasteiger partial charge on any atom is -0.724 e. The molecule has 0 saturated heterocycles. The molecule has 0 rings (SSSR count). The van der Waals surface area contributed by atoms with E-state index >= 15 is 0 Å². The van der Waals surface area contributed by atoms with Gasteiger partial charge in [0.2, 0.25) is 10.4 Å².